The number of anilines is 1. The van der Waals surface area contributed by atoms with E-state index in [4.69, 9.17) is 5.73 Å². The van der Waals surface area contributed by atoms with Gasteiger partial charge in [0.1, 0.15) is 13.3 Å². The van der Waals surface area contributed by atoms with Crippen molar-refractivity contribution in [3.05, 3.63) is 30.3 Å². The molecule has 1 aromatic rings. The maximum absolute atomic E-state index is 9.59. The molecule has 0 saturated heterocycles. The minimum absolute atomic E-state index is 0.822. The van der Waals surface area contributed by atoms with Crippen molar-refractivity contribution < 1.29 is 4.57 Å². The van der Waals surface area contributed by atoms with Crippen LogP contribution in [0.5, 0.6) is 0 Å². The van der Waals surface area contributed by atoms with Crippen molar-refractivity contribution in [2.24, 2.45) is 0 Å². The molecule has 0 saturated carbocycles. The monoisotopic (exact) mass is 200 g/mol. The molecule has 0 fully saturated rings. The lowest BCUT2D eigenvalue weighted by atomic mass is 10.3. The topological polar surface area (TPSA) is 43.1 Å². The fourth-order valence-electron chi connectivity index (χ4n) is 0.453. The van der Waals surface area contributed by atoms with Crippen molar-refractivity contribution in [3.8, 4) is 0 Å². The van der Waals surface area contributed by atoms with E-state index < -0.39 is 7.80 Å². The molecule has 74 valence electrons. The third kappa shape index (κ3) is 18.2. The van der Waals surface area contributed by atoms with Gasteiger partial charge in [-0.1, -0.05) is 36.6 Å². The Morgan fingerprint density at radius 3 is 1.54 bits per heavy atom. The molecule has 1 aromatic carbocycles. The average Bonchev–Trinajstić information content (AvgIpc) is 2.08. The SMILES string of the molecule is CC.C[P+](C)=O.Nc1ccccc1. The smallest absolute Gasteiger partial charge is 0.332 e. The van der Waals surface area contributed by atoms with Gasteiger partial charge in [0, 0.05) is 5.69 Å². The van der Waals surface area contributed by atoms with Gasteiger partial charge in [0.15, 0.2) is 0 Å². The van der Waals surface area contributed by atoms with Crippen LogP contribution >= 0.6 is 7.80 Å². The van der Waals surface area contributed by atoms with E-state index in [1.807, 2.05) is 44.2 Å². The van der Waals surface area contributed by atoms with E-state index in [2.05, 4.69) is 0 Å². The summed E-state index contributed by atoms with van der Waals surface area (Å²) in [6.07, 6.45) is 0. The highest BCUT2D eigenvalue weighted by Crippen LogP contribution is 2.00. The first-order valence-corrected chi connectivity index (χ1v) is 6.43. The molecule has 2 nitrogen and oxygen atoms in total. The third-order valence-corrected chi connectivity index (χ3v) is 0.800. The number of para-hydroxylation sites is 1. The van der Waals surface area contributed by atoms with Gasteiger partial charge < -0.3 is 5.73 Å². The van der Waals surface area contributed by atoms with Gasteiger partial charge in [0.2, 0.25) is 0 Å². The van der Waals surface area contributed by atoms with Crippen LogP contribution in [-0.2, 0) is 4.57 Å². The van der Waals surface area contributed by atoms with Crippen LogP contribution in [0.3, 0.4) is 0 Å². The molecule has 0 aromatic heterocycles. The predicted octanol–water partition coefficient (Wildman–Crippen LogP) is 3.37. The van der Waals surface area contributed by atoms with E-state index in [9.17, 15) is 4.57 Å². The van der Waals surface area contributed by atoms with Crippen molar-refractivity contribution >= 4 is 13.5 Å². The first kappa shape index (κ1) is 14.6. The van der Waals surface area contributed by atoms with Crippen LogP contribution in [0.1, 0.15) is 13.8 Å². The Bertz CT molecular complexity index is 207. The zero-order valence-electron chi connectivity index (χ0n) is 8.82. The molecule has 3 heteroatoms. The summed E-state index contributed by atoms with van der Waals surface area (Å²) in [6.45, 7) is 7.35. The van der Waals surface area contributed by atoms with Crippen molar-refractivity contribution in [1.82, 2.24) is 0 Å². The van der Waals surface area contributed by atoms with Crippen molar-refractivity contribution in [2.45, 2.75) is 13.8 Å². The second-order valence-corrected chi connectivity index (χ2v) is 3.85. The van der Waals surface area contributed by atoms with Crippen LogP contribution in [0.25, 0.3) is 0 Å². The molecule has 13 heavy (non-hydrogen) atoms. The predicted molar refractivity (Wildman–Crippen MR) is 61.7 cm³/mol. The number of hydrogen-bond acceptors (Lipinski definition) is 2. The van der Waals surface area contributed by atoms with E-state index in [0.717, 1.165) is 5.69 Å². The number of benzene rings is 1. The molecule has 1 rings (SSSR count). The van der Waals surface area contributed by atoms with Crippen LogP contribution in [0, 0.1) is 0 Å². The Morgan fingerprint density at radius 1 is 1.08 bits per heavy atom. The maximum Gasteiger partial charge on any atom is 0.332 e. The van der Waals surface area contributed by atoms with Crippen molar-refractivity contribution in [1.29, 1.82) is 0 Å². The van der Waals surface area contributed by atoms with E-state index in [1.54, 1.807) is 13.3 Å². The molecule has 0 radical (unpaired) electrons. The molecule has 0 aliphatic heterocycles. The summed E-state index contributed by atoms with van der Waals surface area (Å²) in [6, 6.07) is 9.49. The maximum atomic E-state index is 9.59. The van der Waals surface area contributed by atoms with Gasteiger partial charge in [-0.25, -0.2) is 0 Å². The quantitative estimate of drug-likeness (QED) is 0.515. The van der Waals surface area contributed by atoms with Crippen LogP contribution in [0.4, 0.5) is 5.69 Å². The molecule has 0 spiro atoms. The molecular formula is C10H19NOP+. The van der Waals surface area contributed by atoms with Gasteiger partial charge in [-0.3, -0.25) is 0 Å². The molecular weight excluding hydrogens is 181 g/mol. The zero-order chi connectivity index (χ0) is 10.7. The molecule has 0 bridgehead atoms. The highest BCUT2D eigenvalue weighted by Gasteiger charge is 1.80. The first-order valence-electron chi connectivity index (χ1n) is 4.28. The second-order valence-electron chi connectivity index (χ2n) is 2.22. The Kier molecular flexibility index (Phi) is 12.5. The van der Waals surface area contributed by atoms with Gasteiger partial charge in [-0.2, -0.15) is 0 Å². The number of nitrogen functional groups attached to an aromatic ring is 1. The Hall–Kier alpha value is -0.880. The van der Waals surface area contributed by atoms with Crippen LogP contribution in [-0.4, -0.2) is 13.3 Å². The second kappa shape index (κ2) is 11.1. The third-order valence-electron chi connectivity index (χ3n) is 0.800. The van der Waals surface area contributed by atoms with E-state index in [1.165, 1.54) is 0 Å². The summed E-state index contributed by atoms with van der Waals surface area (Å²) < 4.78 is 9.59. The lowest BCUT2D eigenvalue weighted by Crippen LogP contribution is -1.79. The lowest BCUT2D eigenvalue weighted by molar-refractivity contribution is 0.594. The molecule has 0 atom stereocenters. The number of nitrogens with two attached hydrogens (primary N) is 1. The Labute approximate surface area is 81.9 Å². The van der Waals surface area contributed by atoms with E-state index in [0.29, 0.717) is 0 Å². The fourth-order valence-corrected chi connectivity index (χ4v) is 0.453. The fraction of sp³-hybridized carbons (Fsp3) is 0.400. The molecule has 0 unspecified atom stereocenters. The van der Waals surface area contributed by atoms with Crippen LogP contribution in [0.2, 0.25) is 0 Å². The highest BCUT2D eigenvalue weighted by molar-refractivity contribution is 7.42. The van der Waals surface area contributed by atoms with Gasteiger partial charge >= 0.3 is 7.80 Å². The number of rotatable bonds is 0. The number of hydrogen-bond donors (Lipinski definition) is 1. The molecule has 0 heterocycles. The molecule has 0 aliphatic rings. The van der Waals surface area contributed by atoms with Crippen molar-refractivity contribution in [2.75, 3.05) is 19.1 Å². The summed E-state index contributed by atoms with van der Waals surface area (Å²) in [5, 5.41) is 0. The summed E-state index contributed by atoms with van der Waals surface area (Å²) in [5.74, 6) is 0. The first-order chi connectivity index (χ1) is 6.13. The van der Waals surface area contributed by atoms with E-state index >= 15 is 0 Å². The summed E-state index contributed by atoms with van der Waals surface area (Å²) in [4.78, 5) is 0. The summed E-state index contributed by atoms with van der Waals surface area (Å²) in [5.41, 5.74) is 6.18. The molecule has 0 aliphatic carbocycles. The highest BCUT2D eigenvalue weighted by atomic mass is 31.1. The zero-order valence-corrected chi connectivity index (χ0v) is 9.71. The minimum atomic E-state index is -0.870. The Morgan fingerprint density at radius 2 is 1.38 bits per heavy atom. The standard InChI is InChI=1S/C6H7N.C2H6OP.C2H6/c7-6-4-2-1-3-5-6;1-4(2)3;1-2/h1-5H,7H2;1-2H3;1-2H3/q;+1;. The minimum Gasteiger partial charge on any atom is -0.399 e. The van der Waals surface area contributed by atoms with Crippen molar-refractivity contribution in [3.63, 3.8) is 0 Å². The Balaban J connectivity index is 0. The lowest BCUT2D eigenvalue weighted by Gasteiger charge is -1.83. The van der Waals surface area contributed by atoms with Gasteiger partial charge in [0.05, 0.1) is 0 Å². The molecule has 2 N–H and O–H groups in total. The van der Waals surface area contributed by atoms with Crippen LogP contribution < -0.4 is 5.73 Å². The van der Waals surface area contributed by atoms with E-state index in [-0.39, 0.29) is 0 Å². The largest absolute Gasteiger partial charge is 0.399 e. The van der Waals surface area contributed by atoms with Crippen LogP contribution in [0.15, 0.2) is 30.3 Å². The normalized spacial score (nSPS) is 7.08. The van der Waals surface area contributed by atoms with Gasteiger partial charge in [0.25, 0.3) is 0 Å². The van der Waals surface area contributed by atoms with Gasteiger partial charge in [-0.15, -0.1) is 0 Å². The van der Waals surface area contributed by atoms with Gasteiger partial charge in [-0.05, 0) is 12.1 Å². The molecule has 0 amide bonds. The summed E-state index contributed by atoms with van der Waals surface area (Å²) in [7, 11) is -0.870. The average molecular weight is 200 g/mol. The summed E-state index contributed by atoms with van der Waals surface area (Å²) >= 11 is 0.